The van der Waals surface area contributed by atoms with Crippen molar-refractivity contribution in [2.75, 3.05) is 16.8 Å². The number of aromatic nitrogens is 2. The van der Waals surface area contributed by atoms with Crippen molar-refractivity contribution in [3.63, 3.8) is 0 Å². The summed E-state index contributed by atoms with van der Waals surface area (Å²) >= 11 is 0. The molecule has 1 aliphatic carbocycles. The van der Waals surface area contributed by atoms with E-state index >= 15 is 0 Å². The van der Waals surface area contributed by atoms with Gasteiger partial charge >= 0.3 is 6.09 Å². The van der Waals surface area contributed by atoms with Gasteiger partial charge in [-0.1, -0.05) is 29.8 Å². The lowest BCUT2D eigenvalue weighted by Gasteiger charge is -2.34. The van der Waals surface area contributed by atoms with Crippen molar-refractivity contribution >= 4 is 28.9 Å². The molecule has 0 spiro atoms. The van der Waals surface area contributed by atoms with Gasteiger partial charge in [-0.2, -0.15) is 5.10 Å². The first-order valence-corrected chi connectivity index (χ1v) is 12.9. The van der Waals surface area contributed by atoms with Crippen LogP contribution in [0.1, 0.15) is 57.6 Å². The number of carbonyl (C=O) groups is 2. The fourth-order valence-corrected chi connectivity index (χ4v) is 4.62. The minimum atomic E-state index is -0.497. The van der Waals surface area contributed by atoms with Crippen LogP contribution in [0.15, 0.2) is 72.6 Å². The number of benzene rings is 2. The van der Waals surface area contributed by atoms with Gasteiger partial charge in [0.15, 0.2) is 0 Å². The molecular weight excluding hydrogens is 464 g/mol. The van der Waals surface area contributed by atoms with Crippen LogP contribution in [0.25, 0.3) is 5.57 Å². The second-order valence-corrected chi connectivity index (χ2v) is 10.4. The Hall–Kier alpha value is -3.87. The molecule has 0 atom stereocenters. The largest absolute Gasteiger partial charge is 0.447 e. The zero-order chi connectivity index (χ0) is 26.4. The van der Waals surface area contributed by atoms with E-state index < -0.39 is 11.6 Å². The fourth-order valence-electron chi connectivity index (χ4n) is 4.62. The number of amides is 2. The molecular formula is C30H36N4O3. The Morgan fingerprint density at radius 3 is 2.38 bits per heavy atom. The Morgan fingerprint density at radius 2 is 1.73 bits per heavy atom. The predicted molar refractivity (Wildman–Crippen MR) is 147 cm³/mol. The molecule has 1 aromatic heterocycles. The van der Waals surface area contributed by atoms with Crippen molar-refractivity contribution < 1.29 is 14.3 Å². The smallest absolute Gasteiger partial charge is 0.414 e. The van der Waals surface area contributed by atoms with E-state index in [1.165, 1.54) is 5.56 Å². The number of allylic oxidation sites excluding steroid dienone is 1. The van der Waals surface area contributed by atoms with Gasteiger partial charge in [-0.05, 0) is 94.8 Å². The number of nitrogens with zero attached hydrogens (tertiary/aromatic N) is 3. The lowest BCUT2D eigenvalue weighted by Crippen LogP contribution is -2.46. The van der Waals surface area contributed by atoms with Gasteiger partial charge in [-0.15, -0.1) is 0 Å². The van der Waals surface area contributed by atoms with E-state index in [0.717, 1.165) is 42.4 Å². The first-order chi connectivity index (χ1) is 17.7. The number of rotatable bonds is 7. The molecule has 3 aromatic rings. The normalized spacial score (nSPS) is 13.8. The van der Waals surface area contributed by atoms with Gasteiger partial charge in [0, 0.05) is 34.9 Å². The third-order valence-corrected chi connectivity index (χ3v) is 6.48. The molecule has 7 heteroatoms. The van der Waals surface area contributed by atoms with Crippen LogP contribution in [0.5, 0.6) is 0 Å². The highest BCUT2D eigenvalue weighted by Crippen LogP contribution is 2.33. The maximum Gasteiger partial charge on any atom is 0.414 e. The molecule has 4 rings (SSSR count). The first kappa shape index (κ1) is 26.2. The van der Waals surface area contributed by atoms with Crippen LogP contribution in [0.4, 0.5) is 16.2 Å². The number of nitrogens with one attached hydrogen (secondary N) is 1. The second-order valence-electron chi connectivity index (χ2n) is 10.4. The molecule has 0 aliphatic heterocycles. The van der Waals surface area contributed by atoms with E-state index in [-0.39, 0.29) is 12.5 Å². The minimum absolute atomic E-state index is 0.0614. The first-order valence-electron chi connectivity index (χ1n) is 12.9. The molecule has 2 amide bonds. The van der Waals surface area contributed by atoms with Crippen LogP contribution in [0.2, 0.25) is 0 Å². The molecule has 0 radical (unpaired) electrons. The summed E-state index contributed by atoms with van der Waals surface area (Å²) in [7, 11) is 0. The van der Waals surface area contributed by atoms with E-state index in [2.05, 4.69) is 41.6 Å². The Morgan fingerprint density at radius 1 is 1.03 bits per heavy atom. The van der Waals surface area contributed by atoms with Gasteiger partial charge in [0.25, 0.3) is 5.91 Å². The second kappa shape index (κ2) is 11.5. The summed E-state index contributed by atoms with van der Waals surface area (Å²) < 4.78 is 7.26. The van der Waals surface area contributed by atoms with Crippen LogP contribution >= 0.6 is 0 Å². The highest BCUT2D eigenvalue weighted by Gasteiger charge is 2.29. The van der Waals surface area contributed by atoms with Crippen LogP contribution < -0.4 is 10.2 Å². The zero-order valence-corrected chi connectivity index (χ0v) is 22.2. The molecule has 1 N–H and O–H groups in total. The highest BCUT2D eigenvalue weighted by atomic mass is 16.6. The van der Waals surface area contributed by atoms with Crippen molar-refractivity contribution in [1.29, 1.82) is 0 Å². The van der Waals surface area contributed by atoms with Crippen LogP contribution in [0.3, 0.4) is 0 Å². The lowest BCUT2D eigenvalue weighted by atomic mass is 9.86. The molecule has 2 aromatic carbocycles. The topological polar surface area (TPSA) is 76.5 Å². The summed E-state index contributed by atoms with van der Waals surface area (Å²) in [5.41, 5.74) is 5.22. The number of anilines is 2. The maximum absolute atomic E-state index is 13.3. The summed E-state index contributed by atoms with van der Waals surface area (Å²) in [6.07, 6.45) is 6.89. The van der Waals surface area contributed by atoms with E-state index in [0.29, 0.717) is 17.9 Å². The number of carbonyl (C=O) groups excluding carboxylic acids is 2. The molecule has 37 heavy (non-hydrogen) atoms. The Balaban J connectivity index is 1.46. The molecule has 0 saturated heterocycles. The third-order valence-electron chi connectivity index (χ3n) is 6.48. The van der Waals surface area contributed by atoms with Crippen LogP contribution in [-0.2, 0) is 16.1 Å². The molecule has 1 aliphatic rings. The van der Waals surface area contributed by atoms with Gasteiger partial charge in [0.2, 0.25) is 0 Å². The Kier molecular flexibility index (Phi) is 8.11. The van der Waals surface area contributed by atoms with Crippen LogP contribution in [0, 0.1) is 6.92 Å². The average Bonchev–Trinajstić information content (AvgIpc) is 3.38. The highest BCUT2D eigenvalue weighted by molar-refractivity contribution is 6.09. The van der Waals surface area contributed by atoms with Gasteiger partial charge < -0.3 is 10.1 Å². The van der Waals surface area contributed by atoms with Crippen molar-refractivity contribution in [2.24, 2.45) is 0 Å². The predicted octanol–water partition coefficient (Wildman–Crippen LogP) is 6.60. The molecule has 1 heterocycles. The Bertz CT molecular complexity index is 1240. The monoisotopic (exact) mass is 500 g/mol. The van der Waals surface area contributed by atoms with E-state index in [1.54, 1.807) is 15.8 Å². The summed E-state index contributed by atoms with van der Waals surface area (Å²) in [5, 5.41) is 7.20. The molecule has 194 valence electrons. The van der Waals surface area contributed by atoms with Crippen molar-refractivity contribution in [3.8, 4) is 0 Å². The van der Waals surface area contributed by atoms with Gasteiger partial charge in [-0.25, -0.2) is 4.79 Å². The SMILES string of the molecule is Cc1ccc(C2=C(C(=O)Nc3ccc(N(C(=O)OCCn4cccn4)C(C)(C)C)cc3)CCCC2)cc1. The average molecular weight is 501 g/mol. The summed E-state index contributed by atoms with van der Waals surface area (Å²) in [4.78, 5) is 27.9. The van der Waals surface area contributed by atoms with Gasteiger partial charge in [-0.3, -0.25) is 14.4 Å². The van der Waals surface area contributed by atoms with E-state index in [4.69, 9.17) is 4.74 Å². The molecule has 0 unspecified atom stereocenters. The molecule has 0 saturated carbocycles. The van der Waals surface area contributed by atoms with Gasteiger partial charge in [0.05, 0.1) is 6.54 Å². The molecule has 0 fully saturated rings. The van der Waals surface area contributed by atoms with E-state index in [1.807, 2.05) is 57.3 Å². The number of ether oxygens (including phenoxy) is 1. The number of hydrogen-bond donors (Lipinski definition) is 1. The zero-order valence-electron chi connectivity index (χ0n) is 22.2. The minimum Gasteiger partial charge on any atom is -0.447 e. The number of aryl methyl sites for hydroxylation is 1. The third kappa shape index (κ3) is 6.67. The standard InChI is InChI=1S/C30H36N4O3/c1-22-10-12-23(13-11-22)26-8-5-6-9-27(26)28(35)32-24-14-16-25(17-15-24)34(30(2,3)4)29(36)37-21-20-33-19-7-18-31-33/h7,10-19H,5-6,8-9,20-21H2,1-4H3,(H,32,35). The van der Waals surface area contributed by atoms with E-state index in [9.17, 15) is 9.59 Å². The summed E-state index contributed by atoms with van der Waals surface area (Å²) in [6.45, 7) is 8.65. The fraction of sp³-hybridized carbons (Fsp3) is 0.367. The van der Waals surface area contributed by atoms with Crippen molar-refractivity contribution in [3.05, 3.63) is 83.7 Å². The molecule has 7 nitrogen and oxygen atoms in total. The van der Waals surface area contributed by atoms with Crippen LogP contribution in [-0.4, -0.2) is 33.9 Å². The summed E-state index contributed by atoms with van der Waals surface area (Å²) in [6, 6.07) is 17.6. The Labute approximate surface area is 219 Å². The van der Waals surface area contributed by atoms with Crippen molar-refractivity contribution in [2.45, 2.75) is 65.5 Å². The molecule has 0 bridgehead atoms. The quantitative estimate of drug-likeness (QED) is 0.397. The maximum atomic E-state index is 13.3. The summed E-state index contributed by atoms with van der Waals surface area (Å²) in [5.74, 6) is -0.0614. The number of hydrogen-bond acceptors (Lipinski definition) is 4. The lowest BCUT2D eigenvalue weighted by molar-refractivity contribution is -0.113. The van der Waals surface area contributed by atoms with Crippen molar-refractivity contribution in [1.82, 2.24) is 9.78 Å². The van der Waals surface area contributed by atoms with Gasteiger partial charge in [0.1, 0.15) is 6.61 Å².